The van der Waals surface area contributed by atoms with Crippen molar-refractivity contribution in [1.82, 2.24) is 15.5 Å². The predicted octanol–water partition coefficient (Wildman–Crippen LogP) is 1.04. The summed E-state index contributed by atoms with van der Waals surface area (Å²) in [5.74, 6) is -0.140. The van der Waals surface area contributed by atoms with Crippen LogP contribution in [0.15, 0.2) is 0 Å². The van der Waals surface area contributed by atoms with Crippen LogP contribution in [0.4, 0.5) is 4.79 Å². The van der Waals surface area contributed by atoms with Gasteiger partial charge in [-0.2, -0.15) is 0 Å². The van der Waals surface area contributed by atoms with Crippen LogP contribution in [-0.4, -0.2) is 79.6 Å². The molecule has 0 aromatic heterocycles. The summed E-state index contributed by atoms with van der Waals surface area (Å²) >= 11 is 0. The van der Waals surface area contributed by atoms with Gasteiger partial charge in [0.05, 0.1) is 30.9 Å². The lowest BCUT2D eigenvalue weighted by Gasteiger charge is -2.51. The number of amides is 2. The quantitative estimate of drug-likeness (QED) is 0.757. The van der Waals surface area contributed by atoms with Gasteiger partial charge < -0.3 is 29.7 Å². The molecule has 1 spiro atoms. The molecule has 8 nitrogen and oxygen atoms in total. The lowest BCUT2D eigenvalue weighted by Crippen LogP contribution is -2.72. The van der Waals surface area contributed by atoms with E-state index >= 15 is 0 Å². The Bertz CT molecular complexity index is 540. The molecule has 27 heavy (non-hydrogen) atoms. The minimum absolute atomic E-state index is 0.0655. The summed E-state index contributed by atoms with van der Waals surface area (Å²) in [6.07, 6.45) is 3.26. The Morgan fingerprint density at radius 3 is 2.74 bits per heavy atom. The summed E-state index contributed by atoms with van der Waals surface area (Å²) in [5.41, 5.74) is -1.19. The van der Waals surface area contributed by atoms with Gasteiger partial charge in [0.15, 0.2) is 0 Å². The molecule has 0 bridgehead atoms. The van der Waals surface area contributed by atoms with Crippen LogP contribution in [0.2, 0.25) is 0 Å². The van der Waals surface area contributed by atoms with Crippen LogP contribution in [0.3, 0.4) is 0 Å². The van der Waals surface area contributed by atoms with Crippen LogP contribution in [0.25, 0.3) is 0 Å². The standard InChI is InChI=1S/C19H33N3O5/c1-18(2,3)27-17(24)22-10-4-7-19(13-25-12-16(23)21-19)15(22)11-26-14-5-8-20-9-6-14/h14-15,20H,4-13H2,1-3H3,(H,21,23)/t15-,19+/m0/s1. The van der Waals surface area contributed by atoms with Crippen molar-refractivity contribution in [3.63, 3.8) is 0 Å². The molecule has 3 fully saturated rings. The first-order valence-corrected chi connectivity index (χ1v) is 10.00. The first-order valence-electron chi connectivity index (χ1n) is 10.00. The molecule has 154 valence electrons. The Morgan fingerprint density at radius 2 is 2.07 bits per heavy atom. The van der Waals surface area contributed by atoms with Gasteiger partial charge in [-0.05, 0) is 59.5 Å². The van der Waals surface area contributed by atoms with Gasteiger partial charge in [0.25, 0.3) is 0 Å². The maximum atomic E-state index is 12.9. The van der Waals surface area contributed by atoms with E-state index in [0.29, 0.717) is 19.8 Å². The van der Waals surface area contributed by atoms with Crippen molar-refractivity contribution in [2.45, 2.75) is 69.7 Å². The first-order chi connectivity index (χ1) is 12.8. The van der Waals surface area contributed by atoms with Crippen LogP contribution in [-0.2, 0) is 19.0 Å². The molecule has 3 heterocycles. The summed E-state index contributed by atoms with van der Waals surface area (Å²) in [5, 5.41) is 6.44. The van der Waals surface area contributed by atoms with Crippen LogP contribution < -0.4 is 10.6 Å². The summed E-state index contributed by atoms with van der Waals surface area (Å²) in [6, 6.07) is -0.305. The zero-order valence-electron chi connectivity index (χ0n) is 16.7. The minimum Gasteiger partial charge on any atom is -0.444 e. The van der Waals surface area contributed by atoms with E-state index in [1.54, 1.807) is 4.90 Å². The third kappa shape index (κ3) is 5.12. The second-order valence-corrected chi connectivity index (χ2v) is 8.77. The van der Waals surface area contributed by atoms with E-state index in [4.69, 9.17) is 14.2 Å². The number of carbonyl (C=O) groups excluding carboxylic acids is 2. The van der Waals surface area contributed by atoms with Gasteiger partial charge in [0.1, 0.15) is 12.2 Å². The summed E-state index contributed by atoms with van der Waals surface area (Å²) < 4.78 is 17.4. The minimum atomic E-state index is -0.614. The molecule has 3 rings (SSSR count). The molecule has 0 saturated carbocycles. The van der Waals surface area contributed by atoms with Crippen LogP contribution in [0.1, 0.15) is 46.5 Å². The van der Waals surface area contributed by atoms with Gasteiger partial charge in [-0.15, -0.1) is 0 Å². The molecule has 8 heteroatoms. The number of morpholine rings is 1. The number of hydrogen-bond acceptors (Lipinski definition) is 6. The van der Waals surface area contributed by atoms with Crippen LogP contribution in [0, 0.1) is 0 Å². The van der Waals surface area contributed by atoms with Gasteiger partial charge in [-0.1, -0.05) is 0 Å². The smallest absolute Gasteiger partial charge is 0.410 e. The van der Waals surface area contributed by atoms with E-state index in [9.17, 15) is 9.59 Å². The monoisotopic (exact) mass is 383 g/mol. The maximum Gasteiger partial charge on any atom is 0.410 e. The first kappa shape index (κ1) is 20.4. The van der Waals surface area contributed by atoms with Crippen molar-refractivity contribution in [3.8, 4) is 0 Å². The van der Waals surface area contributed by atoms with E-state index < -0.39 is 11.1 Å². The van der Waals surface area contributed by atoms with Gasteiger partial charge in [0, 0.05) is 6.54 Å². The molecule has 2 N–H and O–H groups in total. The highest BCUT2D eigenvalue weighted by atomic mass is 16.6. The molecule has 0 aromatic carbocycles. The molecule has 3 aliphatic heterocycles. The Hall–Kier alpha value is -1.38. The van der Waals surface area contributed by atoms with Crippen molar-refractivity contribution < 1.29 is 23.8 Å². The number of nitrogens with zero attached hydrogens (tertiary/aromatic N) is 1. The van der Waals surface area contributed by atoms with Crippen LogP contribution in [0.5, 0.6) is 0 Å². The van der Waals surface area contributed by atoms with Crippen molar-refractivity contribution in [2.24, 2.45) is 0 Å². The number of nitrogens with one attached hydrogen (secondary N) is 2. The fourth-order valence-electron chi connectivity index (χ4n) is 4.15. The average Bonchev–Trinajstić information content (AvgIpc) is 2.60. The SMILES string of the molecule is CC(C)(C)OC(=O)N1CCC[C@@]2(COCC(=O)N2)[C@@H]1COC1CCNCC1. The summed E-state index contributed by atoms with van der Waals surface area (Å²) in [4.78, 5) is 26.7. The van der Waals surface area contributed by atoms with Crippen LogP contribution >= 0.6 is 0 Å². The van der Waals surface area contributed by atoms with Crippen molar-refractivity contribution in [1.29, 1.82) is 0 Å². The molecule has 2 atom stereocenters. The molecule has 0 radical (unpaired) electrons. The van der Waals surface area contributed by atoms with Crippen molar-refractivity contribution in [3.05, 3.63) is 0 Å². The molecule has 0 aromatic rings. The Labute approximate surface area is 161 Å². The number of likely N-dealkylation sites (tertiary alicyclic amines) is 1. The predicted molar refractivity (Wildman–Crippen MR) is 99.5 cm³/mol. The highest BCUT2D eigenvalue weighted by Gasteiger charge is 2.50. The number of ether oxygens (including phenoxy) is 3. The van der Waals surface area contributed by atoms with Crippen molar-refractivity contribution >= 4 is 12.0 Å². The third-order valence-electron chi connectivity index (χ3n) is 5.42. The molecular weight excluding hydrogens is 350 g/mol. The molecule has 2 amide bonds. The van der Waals surface area contributed by atoms with E-state index in [1.165, 1.54) is 0 Å². The van der Waals surface area contributed by atoms with E-state index in [-0.39, 0.29) is 30.8 Å². The fourth-order valence-corrected chi connectivity index (χ4v) is 4.15. The number of piperidine rings is 2. The van der Waals surface area contributed by atoms with Gasteiger partial charge in [-0.25, -0.2) is 4.79 Å². The number of rotatable bonds is 3. The molecular formula is C19H33N3O5. The largest absolute Gasteiger partial charge is 0.444 e. The fraction of sp³-hybridized carbons (Fsp3) is 0.895. The lowest BCUT2D eigenvalue weighted by molar-refractivity contribution is -0.144. The molecule has 3 aliphatic rings. The van der Waals surface area contributed by atoms with E-state index in [0.717, 1.165) is 38.8 Å². The van der Waals surface area contributed by atoms with Crippen molar-refractivity contribution in [2.75, 3.05) is 39.5 Å². The Morgan fingerprint density at radius 1 is 1.33 bits per heavy atom. The zero-order chi connectivity index (χ0) is 19.5. The highest BCUT2D eigenvalue weighted by Crippen LogP contribution is 2.32. The number of hydrogen-bond donors (Lipinski definition) is 2. The van der Waals surface area contributed by atoms with Gasteiger partial charge in [0.2, 0.25) is 5.91 Å². The molecule has 0 aliphatic carbocycles. The Balaban J connectivity index is 1.77. The number of carbonyl (C=O) groups is 2. The lowest BCUT2D eigenvalue weighted by atomic mass is 9.81. The van der Waals surface area contributed by atoms with E-state index in [2.05, 4.69) is 10.6 Å². The summed E-state index contributed by atoms with van der Waals surface area (Å²) in [6.45, 7) is 8.87. The average molecular weight is 383 g/mol. The molecule has 0 unspecified atom stereocenters. The van der Waals surface area contributed by atoms with E-state index in [1.807, 2.05) is 20.8 Å². The molecule has 3 saturated heterocycles. The highest BCUT2D eigenvalue weighted by molar-refractivity contribution is 5.79. The second-order valence-electron chi connectivity index (χ2n) is 8.77. The van der Waals surface area contributed by atoms with Gasteiger partial charge >= 0.3 is 6.09 Å². The summed E-state index contributed by atoms with van der Waals surface area (Å²) in [7, 11) is 0. The van der Waals surface area contributed by atoms with Gasteiger partial charge in [-0.3, -0.25) is 4.79 Å². The Kier molecular flexibility index (Phi) is 6.28. The normalized spacial score (nSPS) is 30.3. The second kappa shape index (κ2) is 8.32. The zero-order valence-corrected chi connectivity index (χ0v) is 16.7. The third-order valence-corrected chi connectivity index (χ3v) is 5.42. The topological polar surface area (TPSA) is 89.1 Å². The maximum absolute atomic E-state index is 12.9.